The summed E-state index contributed by atoms with van der Waals surface area (Å²) in [5, 5.41) is 2.20. The third kappa shape index (κ3) is 5.92. The fourth-order valence-corrected chi connectivity index (χ4v) is 3.59. The zero-order valence-electron chi connectivity index (χ0n) is 16.3. The van der Waals surface area contributed by atoms with Gasteiger partial charge in [-0.3, -0.25) is 9.52 Å². The normalized spacial score (nSPS) is 10.9. The SMILES string of the molecule is COc1cccc(NS(=O)(=O)c2ccc(OCC(=O)Nc3cc(F)ccc3F)cc2)c1. The van der Waals surface area contributed by atoms with E-state index >= 15 is 0 Å². The molecule has 162 valence electrons. The molecule has 0 aliphatic rings. The van der Waals surface area contributed by atoms with E-state index < -0.39 is 34.2 Å². The summed E-state index contributed by atoms with van der Waals surface area (Å²) in [6, 6.07) is 14.5. The number of rotatable bonds is 8. The average Bonchev–Trinajstić information content (AvgIpc) is 2.75. The predicted octanol–water partition coefficient (Wildman–Crippen LogP) is 3.79. The van der Waals surface area contributed by atoms with E-state index in [0.29, 0.717) is 11.4 Å². The first-order chi connectivity index (χ1) is 14.8. The first-order valence-electron chi connectivity index (χ1n) is 8.91. The molecule has 2 N–H and O–H groups in total. The minimum absolute atomic E-state index is 0.0195. The van der Waals surface area contributed by atoms with E-state index in [-0.39, 0.29) is 16.3 Å². The Morgan fingerprint density at radius 3 is 2.42 bits per heavy atom. The molecular formula is C21H18F2N2O5S. The molecule has 7 nitrogen and oxygen atoms in total. The number of carbonyl (C=O) groups excluding carboxylic acids is 1. The lowest BCUT2D eigenvalue weighted by molar-refractivity contribution is -0.118. The number of carbonyl (C=O) groups is 1. The number of hydrogen-bond donors (Lipinski definition) is 2. The van der Waals surface area contributed by atoms with Crippen LogP contribution >= 0.6 is 0 Å². The minimum atomic E-state index is -3.85. The summed E-state index contributed by atoms with van der Waals surface area (Å²) in [6.45, 7) is -0.482. The molecule has 0 saturated heterocycles. The Bertz CT molecular complexity index is 1180. The van der Waals surface area contributed by atoms with Crippen molar-refractivity contribution in [3.63, 3.8) is 0 Å². The largest absolute Gasteiger partial charge is 0.497 e. The number of benzene rings is 3. The van der Waals surface area contributed by atoms with Gasteiger partial charge in [0, 0.05) is 12.1 Å². The van der Waals surface area contributed by atoms with Gasteiger partial charge in [0.2, 0.25) is 0 Å². The van der Waals surface area contributed by atoms with Crippen LogP contribution in [0.2, 0.25) is 0 Å². The molecule has 0 atom stereocenters. The second kappa shape index (κ2) is 9.43. The van der Waals surface area contributed by atoms with Crippen molar-refractivity contribution in [2.75, 3.05) is 23.8 Å². The lowest BCUT2D eigenvalue weighted by Crippen LogP contribution is -2.21. The van der Waals surface area contributed by atoms with Crippen LogP contribution < -0.4 is 19.5 Å². The molecule has 0 saturated carbocycles. The van der Waals surface area contributed by atoms with Gasteiger partial charge in [-0.1, -0.05) is 6.07 Å². The van der Waals surface area contributed by atoms with Crippen LogP contribution in [0.25, 0.3) is 0 Å². The smallest absolute Gasteiger partial charge is 0.262 e. The summed E-state index contributed by atoms with van der Waals surface area (Å²) >= 11 is 0. The van der Waals surface area contributed by atoms with Crippen LogP contribution in [0.4, 0.5) is 20.2 Å². The van der Waals surface area contributed by atoms with Crippen LogP contribution in [-0.4, -0.2) is 28.0 Å². The summed E-state index contributed by atoms with van der Waals surface area (Å²) in [5.74, 6) is -1.47. The number of sulfonamides is 1. The van der Waals surface area contributed by atoms with Crippen molar-refractivity contribution in [3.8, 4) is 11.5 Å². The molecule has 0 fully saturated rings. The topological polar surface area (TPSA) is 93.7 Å². The number of anilines is 2. The molecule has 31 heavy (non-hydrogen) atoms. The molecule has 3 aromatic rings. The lowest BCUT2D eigenvalue weighted by Gasteiger charge is -2.11. The Labute approximate surface area is 177 Å². The molecular weight excluding hydrogens is 430 g/mol. The zero-order valence-corrected chi connectivity index (χ0v) is 17.1. The van der Waals surface area contributed by atoms with Gasteiger partial charge in [-0.05, 0) is 48.5 Å². The summed E-state index contributed by atoms with van der Waals surface area (Å²) in [4.78, 5) is 11.9. The van der Waals surface area contributed by atoms with Gasteiger partial charge in [-0.15, -0.1) is 0 Å². The fraction of sp³-hybridized carbons (Fsp3) is 0.0952. The van der Waals surface area contributed by atoms with Crippen molar-refractivity contribution in [1.29, 1.82) is 0 Å². The first kappa shape index (κ1) is 22.0. The van der Waals surface area contributed by atoms with Crippen molar-refractivity contribution in [3.05, 3.63) is 78.4 Å². The first-order valence-corrected chi connectivity index (χ1v) is 10.4. The van der Waals surface area contributed by atoms with Crippen molar-refractivity contribution < 1.29 is 31.5 Å². The van der Waals surface area contributed by atoms with E-state index in [0.717, 1.165) is 18.2 Å². The molecule has 0 radical (unpaired) electrons. The number of ether oxygens (including phenoxy) is 2. The summed E-state index contributed by atoms with van der Waals surface area (Å²) in [5.41, 5.74) is 0.0274. The number of nitrogens with one attached hydrogen (secondary N) is 2. The Hall–Kier alpha value is -3.66. The average molecular weight is 448 g/mol. The van der Waals surface area contributed by atoms with Crippen LogP contribution in [-0.2, 0) is 14.8 Å². The Morgan fingerprint density at radius 2 is 1.71 bits per heavy atom. The van der Waals surface area contributed by atoms with Crippen molar-refractivity contribution >= 4 is 27.3 Å². The molecule has 1 amide bonds. The van der Waals surface area contributed by atoms with Gasteiger partial charge in [-0.25, -0.2) is 17.2 Å². The van der Waals surface area contributed by atoms with E-state index in [1.54, 1.807) is 18.2 Å². The molecule has 0 unspecified atom stereocenters. The third-order valence-electron chi connectivity index (χ3n) is 4.03. The van der Waals surface area contributed by atoms with E-state index in [1.165, 1.54) is 37.4 Å². The maximum atomic E-state index is 13.6. The summed E-state index contributed by atoms with van der Waals surface area (Å²) in [7, 11) is -2.38. The molecule has 0 aliphatic carbocycles. The standard InChI is InChI=1S/C21H18F2N2O5S/c1-29-17-4-2-3-15(12-17)25-31(27,28)18-8-6-16(7-9-18)30-13-21(26)24-20-11-14(22)5-10-19(20)23/h2-12,25H,13H2,1H3,(H,24,26). The van der Waals surface area contributed by atoms with Crippen LogP contribution in [0.5, 0.6) is 11.5 Å². The molecule has 3 rings (SSSR count). The second-order valence-electron chi connectivity index (χ2n) is 6.27. The lowest BCUT2D eigenvalue weighted by atomic mass is 10.3. The maximum absolute atomic E-state index is 13.6. The van der Waals surface area contributed by atoms with Crippen molar-refractivity contribution in [2.24, 2.45) is 0 Å². The number of hydrogen-bond acceptors (Lipinski definition) is 5. The highest BCUT2D eigenvalue weighted by Gasteiger charge is 2.15. The second-order valence-corrected chi connectivity index (χ2v) is 7.95. The van der Waals surface area contributed by atoms with Gasteiger partial charge in [-0.2, -0.15) is 0 Å². The number of methoxy groups -OCH3 is 1. The van der Waals surface area contributed by atoms with Gasteiger partial charge in [0.25, 0.3) is 15.9 Å². The van der Waals surface area contributed by atoms with Crippen LogP contribution in [0.15, 0.2) is 71.6 Å². The van der Waals surface area contributed by atoms with Crippen LogP contribution in [0.1, 0.15) is 0 Å². The van der Waals surface area contributed by atoms with Gasteiger partial charge in [0.05, 0.1) is 23.4 Å². The monoisotopic (exact) mass is 448 g/mol. The van der Waals surface area contributed by atoms with Crippen molar-refractivity contribution in [2.45, 2.75) is 4.90 Å². The number of amides is 1. The Balaban J connectivity index is 1.60. The van der Waals surface area contributed by atoms with Crippen LogP contribution in [0, 0.1) is 11.6 Å². The van der Waals surface area contributed by atoms with E-state index in [4.69, 9.17) is 9.47 Å². The third-order valence-corrected chi connectivity index (χ3v) is 5.43. The fourth-order valence-electron chi connectivity index (χ4n) is 2.54. The van der Waals surface area contributed by atoms with Crippen LogP contribution in [0.3, 0.4) is 0 Å². The van der Waals surface area contributed by atoms with Gasteiger partial charge < -0.3 is 14.8 Å². The van der Waals surface area contributed by atoms with Gasteiger partial charge >= 0.3 is 0 Å². The molecule has 3 aromatic carbocycles. The highest BCUT2D eigenvalue weighted by Crippen LogP contribution is 2.22. The molecule has 0 spiro atoms. The zero-order chi connectivity index (χ0) is 22.4. The number of halogens is 2. The van der Waals surface area contributed by atoms with E-state index in [1.807, 2.05) is 0 Å². The molecule has 0 bridgehead atoms. The van der Waals surface area contributed by atoms with Gasteiger partial charge in [0.15, 0.2) is 6.61 Å². The van der Waals surface area contributed by atoms with E-state index in [9.17, 15) is 22.0 Å². The molecule has 0 heterocycles. The quantitative estimate of drug-likeness (QED) is 0.547. The molecule has 0 aliphatic heterocycles. The molecule has 10 heteroatoms. The highest BCUT2D eigenvalue weighted by molar-refractivity contribution is 7.92. The molecule has 0 aromatic heterocycles. The van der Waals surface area contributed by atoms with E-state index in [2.05, 4.69) is 10.0 Å². The predicted molar refractivity (Wildman–Crippen MR) is 111 cm³/mol. The summed E-state index contributed by atoms with van der Waals surface area (Å²) < 4.78 is 64.5. The van der Waals surface area contributed by atoms with Gasteiger partial charge in [0.1, 0.15) is 23.1 Å². The minimum Gasteiger partial charge on any atom is -0.497 e. The highest BCUT2D eigenvalue weighted by atomic mass is 32.2. The van der Waals surface area contributed by atoms with Crippen molar-refractivity contribution in [1.82, 2.24) is 0 Å². The Morgan fingerprint density at radius 1 is 0.968 bits per heavy atom. The Kier molecular flexibility index (Phi) is 6.71. The maximum Gasteiger partial charge on any atom is 0.262 e. The summed E-state index contributed by atoms with van der Waals surface area (Å²) in [6.07, 6.45) is 0.